The van der Waals surface area contributed by atoms with Crippen molar-refractivity contribution < 1.29 is 9.53 Å². The van der Waals surface area contributed by atoms with Crippen molar-refractivity contribution in [2.24, 2.45) is 0 Å². The van der Waals surface area contributed by atoms with E-state index >= 15 is 0 Å². The Kier molecular flexibility index (Phi) is 5.42. The van der Waals surface area contributed by atoms with Gasteiger partial charge < -0.3 is 15.4 Å². The van der Waals surface area contributed by atoms with Crippen LogP contribution in [0.3, 0.4) is 0 Å². The lowest BCUT2D eigenvalue weighted by Crippen LogP contribution is -2.27. The summed E-state index contributed by atoms with van der Waals surface area (Å²) in [5.41, 5.74) is 6.59. The summed E-state index contributed by atoms with van der Waals surface area (Å²) in [4.78, 5) is 18.2. The first-order valence-electron chi connectivity index (χ1n) is 6.31. The Morgan fingerprint density at radius 2 is 2.17 bits per heavy atom. The number of nitrogen functional groups attached to an aromatic ring is 1. The number of pyridine rings is 1. The molecule has 0 atom stereocenters. The molecule has 1 heterocycles. The zero-order valence-electron chi connectivity index (χ0n) is 11.3. The molecule has 1 rings (SSSR count). The van der Waals surface area contributed by atoms with Crippen LogP contribution in [-0.2, 0) is 4.74 Å². The Hall–Kier alpha value is -1.78. The first-order chi connectivity index (χ1) is 8.63. The minimum atomic E-state index is -0.373. The van der Waals surface area contributed by atoms with Gasteiger partial charge in [-0.15, -0.1) is 0 Å². The van der Waals surface area contributed by atoms with Gasteiger partial charge in [-0.25, -0.2) is 9.78 Å². The Labute approximate surface area is 108 Å². The van der Waals surface area contributed by atoms with Crippen LogP contribution in [0.25, 0.3) is 0 Å². The highest BCUT2D eigenvalue weighted by Crippen LogP contribution is 2.21. The van der Waals surface area contributed by atoms with E-state index in [0.29, 0.717) is 23.7 Å². The van der Waals surface area contributed by atoms with Gasteiger partial charge in [-0.3, -0.25) is 0 Å². The molecule has 1 aromatic rings. The maximum atomic E-state index is 11.9. The molecule has 0 aliphatic heterocycles. The standard InChI is InChI=1S/C13H21N3O2/c1-4-7-16(5-2)12-11(13(17)18-6-3)8-10(14)9-15-12/h8-9H,4-7,14H2,1-3H3. The molecule has 0 unspecified atom stereocenters. The molecule has 0 aromatic carbocycles. The highest BCUT2D eigenvalue weighted by atomic mass is 16.5. The number of esters is 1. The SMILES string of the molecule is CCCN(CC)c1ncc(N)cc1C(=O)OCC. The Bertz CT molecular complexity index is 407. The smallest absolute Gasteiger partial charge is 0.341 e. The fourth-order valence-corrected chi connectivity index (χ4v) is 1.77. The van der Waals surface area contributed by atoms with Crippen LogP contribution < -0.4 is 10.6 Å². The number of carbonyl (C=O) groups is 1. The number of ether oxygens (including phenoxy) is 1. The minimum Gasteiger partial charge on any atom is -0.462 e. The summed E-state index contributed by atoms with van der Waals surface area (Å²) in [6.07, 6.45) is 2.55. The zero-order valence-corrected chi connectivity index (χ0v) is 11.3. The largest absolute Gasteiger partial charge is 0.462 e. The van der Waals surface area contributed by atoms with E-state index in [1.165, 1.54) is 0 Å². The van der Waals surface area contributed by atoms with Crippen LogP contribution in [0.2, 0.25) is 0 Å². The molecule has 0 aliphatic rings. The number of aromatic nitrogens is 1. The van der Waals surface area contributed by atoms with Gasteiger partial charge in [0.1, 0.15) is 11.4 Å². The maximum Gasteiger partial charge on any atom is 0.341 e. The van der Waals surface area contributed by atoms with Crippen molar-refractivity contribution in [2.75, 3.05) is 30.3 Å². The van der Waals surface area contributed by atoms with E-state index in [1.807, 2.05) is 11.8 Å². The molecule has 100 valence electrons. The van der Waals surface area contributed by atoms with E-state index in [9.17, 15) is 4.79 Å². The number of hydrogen-bond acceptors (Lipinski definition) is 5. The van der Waals surface area contributed by atoms with Gasteiger partial charge in [0.2, 0.25) is 0 Å². The van der Waals surface area contributed by atoms with Gasteiger partial charge >= 0.3 is 5.97 Å². The van der Waals surface area contributed by atoms with Crippen LogP contribution in [-0.4, -0.2) is 30.6 Å². The van der Waals surface area contributed by atoms with Gasteiger partial charge in [-0.1, -0.05) is 6.92 Å². The number of rotatable bonds is 6. The third-order valence-corrected chi connectivity index (χ3v) is 2.56. The predicted octanol–water partition coefficient (Wildman–Crippen LogP) is 2.08. The van der Waals surface area contributed by atoms with Crippen molar-refractivity contribution in [1.29, 1.82) is 0 Å². The maximum absolute atomic E-state index is 11.9. The van der Waals surface area contributed by atoms with Gasteiger partial charge in [0.15, 0.2) is 0 Å². The predicted molar refractivity (Wildman–Crippen MR) is 72.8 cm³/mol. The van der Waals surface area contributed by atoms with Crippen molar-refractivity contribution in [3.63, 3.8) is 0 Å². The van der Waals surface area contributed by atoms with Crippen LogP contribution in [0.15, 0.2) is 12.3 Å². The summed E-state index contributed by atoms with van der Waals surface area (Å²) in [5, 5.41) is 0. The molecule has 0 aliphatic carbocycles. The summed E-state index contributed by atoms with van der Waals surface area (Å²) in [5.74, 6) is 0.272. The number of nitrogens with zero attached hydrogens (tertiary/aromatic N) is 2. The molecule has 0 fully saturated rings. The number of hydrogen-bond donors (Lipinski definition) is 1. The summed E-state index contributed by atoms with van der Waals surface area (Å²) < 4.78 is 5.04. The average molecular weight is 251 g/mol. The van der Waals surface area contributed by atoms with Crippen molar-refractivity contribution in [2.45, 2.75) is 27.2 Å². The lowest BCUT2D eigenvalue weighted by Gasteiger charge is -2.23. The normalized spacial score (nSPS) is 10.2. The van der Waals surface area contributed by atoms with Crippen molar-refractivity contribution >= 4 is 17.5 Å². The molecule has 0 radical (unpaired) electrons. The zero-order chi connectivity index (χ0) is 13.5. The molecule has 0 spiro atoms. The van der Waals surface area contributed by atoms with Crippen molar-refractivity contribution in [3.05, 3.63) is 17.8 Å². The summed E-state index contributed by atoms with van der Waals surface area (Å²) in [6, 6.07) is 1.62. The van der Waals surface area contributed by atoms with Gasteiger partial charge in [0.05, 0.1) is 18.5 Å². The van der Waals surface area contributed by atoms with Crippen molar-refractivity contribution in [3.8, 4) is 0 Å². The molecule has 5 nitrogen and oxygen atoms in total. The average Bonchev–Trinajstić information content (AvgIpc) is 2.36. The second-order valence-corrected chi connectivity index (χ2v) is 3.94. The Morgan fingerprint density at radius 1 is 1.44 bits per heavy atom. The van der Waals surface area contributed by atoms with Crippen LogP contribution in [0.5, 0.6) is 0 Å². The van der Waals surface area contributed by atoms with E-state index in [-0.39, 0.29) is 5.97 Å². The highest BCUT2D eigenvalue weighted by Gasteiger charge is 2.18. The van der Waals surface area contributed by atoms with Gasteiger partial charge in [-0.2, -0.15) is 0 Å². The van der Waals surface area contributed by atoms with Gasteiger partial charge in [0.25, 0.3) is 0 Å². The number of anilines is 2. The van der Waals surface area contributed by atoms with E-state index in [2.05, 4.69) is 11.9 Å². The monoisotopic (exact) mass is 251 g/mol. The quantitative estimate of drug-likeness (QED) is 0.784. The van der Waals surface area contributed by atoms with E-state index < -0.39 is 0 Å². The molecule has 0 saturated heterocycles. The van der Waals surface area contributed by atoms with Crippen molar-refractivity contribution in [1.82, 2.24) is 4.98 Å². The van der Waals surface area contributed by atoms with E-state index in [0.717, 1.165) is 19.5 Å². The lowest BCUT2D eigenvalue weighted by molar-refractivity contribution is 0.0526. The van der Waals surface area contributed by atoms with Crippen LogP contribution in [0.1, 0.15) is 37.6 Å². The lowest BCUT2D eigenvalue weighted by atomic mass is 10.2. The Balaban J connectivity index is 3.12. The number of carbonyl (C=O) groups excluding carboxylic acids is 1. The number of nitrogens with two attached hydrogens (primary N) is 1. The molecule has 18 heavy (non-hydrogen) atoms. The fourth-order valence-electron chi connectivity index (χ4n) is 1.77. The molecule has 0 bridgehead atoms. The van der Waals surface area contributed by atoms with Crippen LogP contribution >= 0.6 is 0 Å². The van der Waals surface area contributed by atoms with E-state index in [4.69, 9.17) is 10.5 Å². The summed E-state index contributed by atoms with van der Waals surface area (Å²) in [7, 11) is 0. The first kappa shape index (κ1) is 14.3. The van der Waals surface area contributed by atoms with Gasteiger partial charge in [-0.05, 0) is 26.3 Å². The van der Waals surface area contributed by atoms with E-state index in [1.54, 1.807) is 19.2 Å². The molecule has 2 N–H and O–H groups in total. The fraction of sp³-hybridized carbons (Fsp3) is 0.538. The first-order valence-corrected chi connectivity index (χ1v) is 6.31. The molecule has 0 saturated carbocycles. The highest BCUT2D eigenvalue weighted by molar-refractivity contribution is 5.95. The third kappa shape index (κ3) is 3.35. The van der Waals surface area contributed by atoms with Crippen LogP contribution in [0, 0.1) is 0 Å². The topological polar surface area (TPSA) is 68.5 Å². The molecular formula is C13H21N3O2. The Morgan fingerprint density at radius 3 is 2.72 bits per heavy atom. The third-order valence-electron chi connectivity index (χ3n) is 2.56. The second kappa shape index (κ2) is 6.83. The molecule has 5 heteroatoms. The molecule has 0 amide bonds. The minimum absolute atomic E-state index is 0.340. The molecule has 1 aromatic heterocycles. The summed E-state index contributed by atoms with van der Waals surface area (Å²) >= 11 is 0. The molecular weight excluding hydrogens is 230 g/mol. The second-order valence-electron chi connectivity index (χ2n) is 3.94. The van der Waals surface area contributed by atoms with Gasteiger partial charge in [0, 0.05) is 13.1 Å². The van der Waals surface area contributed by atoms with Crippen LogP contribution in [0.4, 0.5) is 11.5 Å². The summed E-state index contributed by atoms with van der Waals surface area (Å²) in [6.45, 7) is 7.87.